The molecule has 0 saturated carbocycles. The molecule has 1 fully saturated rings. The van der Waals surface area contributed by atoms with Crippen LogP contribution in [0.1, 0.15) is 6.42 Å². The quantitative estimate of drug-likeness (QED) is 0.544. The van der Waals surface area contributed by atoms with Gasteiger partial charge in [-0.1, -0.05) is 65.0 Å². The number of rotatable bonds is 4. The van der Waals surface area contributed by atoms with Crippen molar-refractivity contribution >= 4 is 58.5 Å². The SMILES string of the molecule is O=C1C(Sc2nn(-c3ccccc3)c(=S)s2)CCN1c1ccccc1Cl. The van der Waals surface area contributed by atoms with Crippen molar-refractivity contribution in [3.63, 3.8) is 0 Å². The number of carbonyl (C=O) groups excluding carboxylic acids is 1. The first kappa shape index (κ1) is 17.7. The summed E-state index contributed by atoms with van der Waals surface area (Å²) in [7, 11) is 0. The summed E-state index contributed by atoms with van der Waals surface area (Å²) in [6, 6.07) is 17.2. The lowest BCUT2D eigenvalue weighted by atomic mass is 10.3. The van der Waals surface area contributed by atoms with Crippen LogP contribution in [0.3, 0.4) is 0 Å². The largest absolute Gasteiger partial charge is 0.310 e. The normalized spacial score (nSPS) is 17.0. The summed E-state index contributed by atoms with van der Waals surface area (Å²) in [6.07, 6.45) is 0.756. The molecule has 2 heterocycles. The molecule has 1 atom stereocenters. The summed E-state index contributed by atoms with van der Waals surface area (Å²) in [5.41, 5.74) is 1.70. The monoisotopic (exact) mass is 419 g/mol. The maximum absolute atomic E-state index is 12.8. The minimum absolute atomic E-state index is 0.0653. The van der Waals surface area contributed by atoms with E-state index >= 15 is 0 Å². The Morgan fingerprint density at radius 2 is 1.88 bits per heavy atom. The van der Waals surface area contributed by atoms with Crippen molar-refractivity contribution in [3.05, 3.63) is 63.6 Å². The predicted molar refractivity (Wildman–Crippen MR) is 110 cm³/mol. The molecule has 1 aromatic heterocycles. The number of para-hydroxylation sites is 2. The van der Waals surface area contributed by atoms with Gasteiger partial charge in [0.1, 0.15) is 0 Å². The maximum atomic E-state index is 12.8. The first-order valence-electron chi connectivity index (χ1n) is 8.01. The van der Waals surface area contributed by atoms with Gasteiger partial charge in [-0.25, -0.2) is 4.68 Å². The maximum Gasteiger partial charge on any atom is 0.240 e. The summed E-state index contributed by atoms with van der Waals surface area (Å²) in [4.78, 5) is 14.6. The molecule has 26 heavy (non-hydrogen) atoms. The smallest absolute Gasteiger partial charge is 0.240 e. The van der Waals surface area contributed by atoms with Crippen molar-refractivity contribution in [2.75, 3.05) is 11.4 Å². The molecule has 1 saturated heterocycles. The molecular weight excluding hydrogens is 406 g/mol. The molecule has 3 aromatic rings. The van der Waals surface area contributed by atoms with Crippen LogP contribution in [0.2, 0.25) is 5.02 Å². The molecule has 1 unspecified atom stereocenters. The summed E-state index contributed by atoms with van der Waals surface area (Å²) >= 11 is 14.6. The van der Waals surface area contributed by atoms with Gasteiger partial charge in [-0.3, -0.25) is 4.79 Å². The number of nitrogens with zero attached hydrogens (tertiary/aromatic N) is 3. The Balaban J connectivity index is 1.53. The Hall–Kier alpha value is -1.67. The summed E-state index contributed by atoms with van der Waals surface area (Å²) in [5, 5.41) is 5.01. The van der Waals surface area contributed by atoms with Gasteiger partial charge in [0.15, 0.2) is 8.29 Å². The molecule has 0 bridgehead atoms. The van der Waals surface area contributed by atoms with E-state index in [2.05, 4.69) is 5.10 Å². The minimum atomic E-state index is -0.170. The summed E-state index contributed by atoms with van der Waals surface area (Å²) in [6.45, 7) is 0.658. The van der Waals surface area contributed by atoms with E-state index in [1.54, 1.807) is 15.6 Å². The zero-order valence-electron chi connectivity index (χ0n) is 13.5. The van der Waals surface area contributed by atoms with Crippen LogP contribution in [0.4, 0.5) is 5.69 Å². The van der Waals surface area contributed by atoms with Crippen LogP contribution in [-0.4, -0.2) is 27.5 Å². The Labute approximate surface area is 169 Å². The van der Waals surface area contributed by atoms with Gasteiger partial charge in [-0.05, 0) is 42.9 Å². The lowest BCUT2D eigenvalue weighted by Gasteiger charge is -2.17. The third kappa shape index (κ3) is 3.44. The van der Waals surface area contributed by atoms with E-state index < -0.39 is 0 Å². The highest BCUT2D eigenvalue weighted by Gasteiger charge is 2.35. The van der Waals surface area contributed by atoms with E-state index in [0.717, 1.165) is 22.1 Å². The van der Waals surface area contributed by atoms with Gasteiger partial charge in [0, 0.05) is 6.54 Å². The molecule has 4 nitrogen and oxygen atoms in total. The Kier molecular flexibility index (Phi) is 5.13. The number of hydrogen-bond acceptors (Lipinski definition) is 5. The molecule has 0 spiro atoms. The molecule has 0 radical (unpaired) electrons. The van der Waals surface area contributed by atoms with Gasteiger partial charge in [0.25, 0.3) is 0 Å². The predicted octanol–water partition coefficient (Wildman–Crippen LogP) is 5.21. The molecule has 0 aliphatic carbocycles. The molecule has 1 aliphatic rings. The van der Waals surface area contributed by atoms with Gasteiger partial charge in [-0.15, -0.1) is 5.10 Å². The first-order chi connectivity index (χ1) is 12.6. The molecule has 1 aliphatic heterocycles. The van der Waals surface area contributed by atoms with Crippen molar-refractivity contribution in [2.45, 2.75) is 16.0 Å². The van der Waals surface area contributed by atoms with Crippen LogP contribution in [0.5, 0.6) is 0 Å². The zero-order chi connectivity index (χ0) is 18.1. The van der Waals surface area contributed by atoms with Crippen LogP contribution >= 0.6 is 46.9 Å². The number of aromatic nitrogens is 2. The van der Waals surface area contributed by atoms with E-state index in [1.807, 2.05) is 48.5 Å². The van der Waals surface area contributed by atoms with Crippen molar-refractivity contribution in [1.82, 2.24) is 9.78 Å². The fourth-order valence-corrected chi connectivity index (χ4v) is 5.72. The van der Waals surface area contributed by atoms with Crippen LogP contribution in [0.15, 0.2) is 58.9 Å². The molecule has 1 amide bonds. The summed E-state index contributed by atoms with van der Waals surface area (Å²) < 4.78 is 3.22. The Bertz CT molecular complexity index is 1000. The third-order valence-corrected chi connectivity index (χ3v) is 6.96. The standard InChI is InChI=1S/C18H14ClN3OS3/c19-13-8-4-5-9-14(13)21-11-10-15(16(21)23)25-17-20-22(18(24)26-17)12-6-2-1-3-7-12/h1-9,15H,10-11H2. The van der Waals surface area contributed by atoms with Gasteiger partial charge in [0.05, 0.1) is 21.6 Å². The first-order valence-corrected chi connectivity index (χ1v) is 10.5. The average molecular weight is 420 g/mol. The number of halogens is 1. The zero-order valence-corrected chi connectivity index (χ0v) is 16.7. The van der Waals surface area contributed by atoms with Gasteiger partial charge < -0.3 is 4.90 Å². The number of carbonyl (C=O) groups is 1. The molecule has 132 valence electrons. The van der Waals surface area contributed by atoms with Crippen molar-refractivity contribution in [3.8, 4) is 5.69 Å². The second-order valence-electron chi connectivity index (χ2n) is 5.72. The fourth-order valence-electron chi connectivity index (χ4n) is 2.84. The lowest BCUT2D eigenvalue weighted by molar-refractivity contribution is -0.116. The van der Waals surface area contributed by atoms with E-state index in [0.29, 0.717) is 15.5 Å². The highest BCUT2D eigenvalue weighted by Crippen LogP contribution is 2.36. The van der Waals surface area contributed by atoms with Crippen molar-refractivity contribution in [1.29, 1.82) is 0 Å². The van der Waals surface area contributed by atoms with Crippen molar-refractivity contribution in [2.24, 2.45) is 0 Å². The fraction of sp³-hybridized carbons (Fsp3) is 0.167. The highest BCUT2D eigenvalue weighted by molar-refractivity contribution is 8.02. The Morgan fingerprint density at radius 1 is 1.15 bits per heavy atom. The molecule has 2 aromatic carbocycles. The van der Waals surface area contributed by atoms with Crippen LogP contribution in [0, 0.1) is 3.95 Å². The van der Waals surface area contributed by atoms with Gasteiger partial charge >= 0.3 is 0 Å². The lowest BCUT2D eigenvalue weighted by Crippen LogP contribution is -2.28. The number of hydrogen-bond donors (Lipinski definition) is 0. The van der Waals surface area contributed by atoms with E-state index in [9.17, 15) is 4.79 Å². The Morgan fingerprint density at radius 3 is 2.65 bits per heavy atom. The van der Waals surface area contributed by atoms with Crippen molar-refractivity contribution < 1.29 is 4.79 Å². The topological polar surface area (TPSA) is 38.1 Å². The second kappa shape index (κ2) is 7.52. The molecule has 8 heteroatoms. The average Bonchev–Trinajstić information content (AvgIpc) is 3.20. The summed E-state index contributed by atoms with van der Waals surface area (Å²) in [5.74, 6) is 0.0653. The highest BCUT2D eigenvalue weighted by atomic mass is 35.5. The second-order valence-corrected chi connectivity index (χ2v) is 9.20. The number of thioether (sulfide) groups is 1. The van der Waals surface area contributed by atoms with E-state index in [-0.39, 0.29) is 11.2 Å². The van der Waals surface area contributed by atoms with Gasteiger partial charge in [0.2, 0.25) is 5.91 Å². The van der Waals surface area contributed by atoms with Gasteiger partial charge in [-0.2, -0.15) is 0 Å². The van der Waals surface area contributed by atoms with Crippen LogP contribution in [0.25, 0.3) is 5.69 Å². The number of anilines is 1. The van der Waals surface area contributed by atoms with Crippen LogP contribution in [-0.2, 0) is 4.79 Å². The third-order valence-electron chi connectivity index (χ3n) is 4.07. The van der Waals surface area contributed by atoms with E-state index in [1.165, 1.54) is 23.1 Å². The van der Waals surface area contributed by atoms with E-state index in [4.69, 9.17) is 23.8 Å². The number of benzene rings is 2. The molecule has 0 N–H and O–H groups in total. The number of amides is 1. The van der Waals surface area contributed by atoms with Crippen LogP contribution < -0.4 is 4.90 Å². The minimum Gasteiger partial charge on any atom is -0.310 e. The molecular formula is C18H14ClN3OS3. The molecule has 4 rings (SSSR count).